The van der Waals surface area contributed by atoms with Gasteiger partial charge in [-0.05, 0) is 28.1 Å². The first-order valence-corrected chi connectivity index (χ1v) is 8.19. The molecule has 0 N–H and O–H groups in total. The highest BCUT2D eigenvalue weighted by atomic mass is 79.9. The average molecular weight is 347 g/mol. The number of aldehydes is 1. The minimum absolute atomic E-state index is 0.291. The van der Waals surface area contributed by atoms with E-state index in [0.717, 1.165) is 6.29 Å². The summed E-state index contributed by atoms with van der Waals surface area (Å²) >= 11 is 3.27. The second-order valence-electron chi connectivity index (χ2n) is 4.30. The second-order valence-corrected chi connectivity index (χ2v) is 7.06. The first-order chi connectivity index (χ1) is 9.05. The van der Waals surface area contributed by atoms with Gasteiger partial charge in [0.15, 0.2) is 0 Å². The fraction of sp³-hybridized carbons (Fsp3) is 0.417. The lowest BCUT2D eigenvalue weighted by atomic mass is 10.4. The Hall–Kier alpha value is -0.760. The second kappa shape index (κ2) is 6.13. The molecule has 0 aliphatic carbocycles. The third-order valence-corrected chi connectivity index (χ3v) is 6.03. The molecule has 1 aliphatic heterocycles. The number of hydrogen-bond acceptors (Lipinski definition) is 4. The fourth-order valence-corrected chi connectivity index (χ4v) is 4.44. The lowest BCUT2D eigenvalue weighted by molar-refractivity contribution is -0.109. The first-order valence-electron chi connectivity index (χ1n) is 5.96. The van der Waals surface area contributed by atoms with Crippen LogP contribution in [0, 0.1) is 0 Å². The number of rotatable bonds is 4. The molecule has 1 aromatic rings. The van der Waals surface area contributed by atoms with Crippen LogP contribution in [0.4, 0.5) is 0 Å². The van der Waals surface area contributed by atoms with E-state index < -0.39 is 10.0 Å². The highest BCUT2D eigenvalue weighted by Crippen LogP contribution is 2.25. The Kier molecular flexibility index (Phi) is 4.72. The molecular weight excluding hydrogens is 332 g/mol. The van der Waals surface area contributed by atoms with Gasteiger partial charge in [0.2, 0.25) is 10.0 Å². The number of sulfonamides is 1. The van der Waals surface area contributed by atoms with Crippen LogP contribution in [0.15, 0.2) is 33.6 Å². The maximum atomic E-state index is 12.5. The zero-order chi connectivity index (χ0) is 13.9. The van der Waals surface area contributed by atoms with Crippen molar-refractivity contribution < 1.29 is 13.2 Å². The van der Waals surface area contributed by atoms with Gasteiger partial charge in [0.05, 0.1) is 11.4 Å². The predicted octanol–water partition coefficient (Wildman–Crippen LogP) is 0.954. The number of halogens is 1. The van der Waals surface area contributed by atoms with Crippen LogP contribution in [0.5, 0.6) is 0 Å². The van der Waals surface area contributed by atoms with Crippen molar-refractivity contribution >= 4 is 32.2 Å². The van der Waals surface area contributed by atoms with Crippen molar-refractivity contribution in [2.75, 3.05) is 32.7 Å². The largest absolute Gasteiger partial charge is 0.302 e. The summed E-state index contributed by atoms with van der Waals surface area (Å²) in [5.41, 5.74) is 0. The molecule has 1 saturated heterocycles. The molecule has 0 atom stereocenters. The van der Waals surface area contributed by atoms with E-state index in [1.165, 1.54) is 4.31 Å². The molecule has 7 heteroatoms. The normalized spacial score (nSPS) is 18.4. The van der Waals surface area contributed by atoms with E-state index in [9.17, 15) is 13.2 Å². The molecule has 0 bridgehead atoms. The van der Waals surface area contributed by atoms with E-state index in [1.54, 1.807) is 24.3 Å². The quantitative estimate of drug-likeness (QED) is 0.762. The van der Waals surface area contributed by atoms with E-state index in [-0.39, 0.29) is 0 Å². The number of carbonyl (C=O) groups is 1. The molecule has 19 heavy (non-hydrogen) atoms. The molecule has 0 unspecified atom stereocenters. The number of nitrogens with zero attached hydrogens (tertiary/aromatic N) is 2. The molecule has 2 rings (SSSR count). The zero-order valence-electron chi connectivity index (χ0n) is 10.3. The topological polar surface area (TPSA) is 57.7 Å². The Morgan fingerprint density at radius 2 is 1.79 bits per heavy atom. The number of piperazine rings is 1. The smallest absolute Gasteiger partial charge is 0.244 e. The van der Waals surface area contributed by atoms with Crippen molar-refractivity contribution in [1.29, 1.82) is 0 Å². The van der Waals surface area contributed by atoms with Crippen molar-refractivity contribution in [2.24, 2.45) is 0 Å². The Balaban J connectivity index is 2.14. The van der Waals surface area contributed by atoms with E-state index in [4.69, 9.17) is 0 Å². The maximum absolute atomic E-state index is 12.5. The summed E-state index contributed by atoms with van der Waals surface area (Å²) in [7, 11) is -3.46. The van der Waals surface area contributed by atoms with Gasteiger partial charge in [0, 0.05) is 30.7 Å². The molecule has 5 nitrogen and oxygen atoms in total. The van der Waals surface area contributed by atoms with Gasteiger partial charge in [-0.15, -0.1) is 0 Å². The van der Waals surface area contributed by atoms with Crippen LogP contribution in [-0.2, 0) is 14.8 Å². The van der Waals surface area contributed by atoms with E-state index >= 15 is 0 Å². The van der Waals surface area contributed by atoms with Crippen LogP contribution in [0.1, 0.15) is 0 Å². The summed E-state index contributed by atoms with van der Waals surface area (Å²) in [6.45, 7) is 2.36. The number of carbonyl (C=O) groups excluding carboxylic acids is 1. The number of hydrogen-bond donors (Lipinski definition) is 0. The Morgan fingerprint density at radius 1 is 1.16 bits per heavy atom. The summed E-state index contributed by atoms with van der Waals surface area (Å²) < 4.78 is 27.0. The highest BCUT2D eigenvalue weighted by molar-refractivity contribution is 9.10. The lowest BCUT2D eigenvalue weighted by Crippen LogP contribution is -2.48. The summed E-state index contributed by atoms with van der Waals surface area (Å²) in [4.78, 5) is 12.7. The van der Waals surface area contributed by atoms with Gasteiger partial charge in [-0.2, -0.15) is 4.31 Å². The van der Waals surface area contributed by atoms with Gasteiger partial charge in [-0.3, -0.25) is 4.90 Å². The van der Waals surface area contributed by atoms with Gasteiger partial charge in [0.1, 0.15) is 6.29 Å². The van der Waals surface area contributed by atoms with E-state index in [1.807, 2.05) is 4.90 Å². The molecule has 1 aliphatic rings. The third-order valence-electron chi connectivity index (χ3n) is 3.12. The molecule has 1 aromatic carbocycles. The van der Waals surface area contributed by atoms with Gasteiger partial charge < -0.3 is 4.79 Å². The zero-order valence-corrected chi connectivity index (χ0v) is 12.7. The molecule has 1 fully saturated rings. The molecule has 0 aromatic heterocycles. The number of benzene rings is 1. The molecule has 104 valence electrons. The van der Waals surface area contributed by atoms with E-state index in [0.29, 0.717) is 42.1 Å². The Bertz CT molecular complexity index is 554. The molecule has 1 heterocycles. The van der Waals surface area contributed by atoms with Crippen molar-refractivity contribution in [3.8, 4) is 0 Å². The van der Waals surface area contributed by atoms with Gasteiger partial charge in [-0.1, -0.05) is 12.1 Å². The molecular formula is C12H15BrN2O3S. The predicted molar refractivity (Wildman–Crippen MR) is 75.4 cm³/mol. The highest BCUT2D eigenvalue weighted by Gasteiger charge is 2.29. The Morgan fingerprint density at radius 3 is 2.37 bits per heavy atom. The lowest BCUT2D eigenvalue weighted by Gasteiger charge is -2.33. The Labute approximate surface area is 121 Å². The monoisotopic (exact) mass is 346 g/mol. The summed E-state index contributed by atoms with van der Waals surface area (Å²) in [5.74, 6) is 0. The van der Waals surface area contributed by atoms with Gasteiger partial charge in [-0.25, -0.2) is 8.42 Å². The summed E-state index contributed by atoms with van der Waals surface area (Å²) in [6.07, 6.45) is 0.845. The van der Waals surface area contributed by atoms with Crippen LogP contribution in [0.3, 0.4) is 0 Å². The SMILES string of the molecule is O=CCN1CCN(S(=O)(=O)c2ccccc2Br)CC1. The summed E-state index contributed by atoms with van der Waals surface area (Å²) in [5, 5.41) is 0. The van der Waals surface area contributed by atoms with Gasteiger partial charge in [0.25, 0.3) is 0 Å². The fourth-order valence-electron chi connectivity index (χ4n) is 2.05. The molecule has 0 spiro atoms. The van der Waals surface area contributed by atoms with Crippen molar-refractivity contribution in [2.45, 2.75) is 4.90 Å². The third kappa shape index (κ3) is 3.22. The molecule has 0 saturated carbocycles. The molecule has 0 radical (unpaired) electrons. The minimum Gasteiger partial charge on any atom is -0.302 e. The van der Waals surface area contributed by atoms with Crippen LogP contribution in [0.25, 0.3) is 0 Å². The minimum atomic E-state index is -3.46. The van der Waals surface area contributed by atoms with Crippen LogP contribution >= 0.6 is 15.9 Å². The van der Waals surface area contributed by atoms with Gasteiger partial charge >= 0.3 is 0 Å². The van der Waals surface area contributed by atoms with Crippen LogP contribution in [-0.4, -0.2) is 56.6 Å². The van der Waals surface area contributed by atoms with Crippen LogP contribution in [0.2, 0.25) is 0 Å². The van der Waals surface area contributed by atoms with Crippen molar-refractivity contribution in [3.05, 3.63) is 28.7 Å². The first kappa shape index (κ1) is 14.6. The standard InChI is InChI=1S/C12H15BrN2O3S/c13-11-3-1-2-4-12(11)19(17,18)15-7-5-14(6-8-15)9-10-16/h1-4,10H,5-9H2. The van der Waals surface area contributed by atoms with Crippen molar-refractivity contribution in [3.63, 3.8) is 0 Å². The average Bonchev–Trinajstić information content (AvgIpc) is 2.40. The van der Waals surface area contributed by atoms with Crippen LogP contribution < -0.4 is 0 Å². The molecule has 0 amide bonds. The maximum Gasteiger partial charge on any atom is 0.244 e. The van der Waals surface area contributed by atoms with Crippen molar-refractivity contribution in [1.82, 2.24) is 9.21 Å². The summed E-state index contributed by atoms with van der Waals surface area (Å²) in [6, 6.07) is 6.80. The van der Waals surface area contributed by atoms with E-state index in [2.05, 4.69) is 15.9 Å².